The number of hydrogen-bond donors (Lipinski definition) is 9. The second-order valence-electron chi connectivity index (χ2n) is 4.03. The molecule has 0 radical (unpaired) electrons. The van der Waals surface area contributed by atoms with Gasteiger partial charge in [0.1, 0.15) is 0 Å². The summed E-state index contributed by atoms with van der Waals surface area (Å²) in [5.41, 5.74) is 0. The molecule has 0 fully saturated rings. The Bertz CT molecular complexity index is 627. The fraction of sp³-hybridized carbons (Fsp3) is 0.556. The SMILES string of the molecule is CS(=O)(=O)O.O=C(O)C(O)C(O)C(=O)O.O=C(O)CCC(=O)O.O=S(=O)(O)O. The van der Waals surface area contributed by atoms with Crippen molar-refractivity contribution in [1.29, 1.82) is 0 Å². The topological polar surface area (TPSA) is 319 Å². The number of aliphatic hydroxyl groups is 2. The summed E-state index contributed by atoms with van der Waals surface area (Å²) in [5, 5.41) is 48.3. The van der Waals surface area contributed by atoms with E-state index in [2.05, 4.69) is 0 Å². The first-order valence-electron chi connectivity index (χ1n) is 5.97. The molecule has 19 heteroatoms. The first kappa shape index (κ1) is 33.2. The summed E-state index contributed by atoms with van der Waals surface area (Å²) in [6.45, 7) is 0. The number of carboxylic acid groups (broad SMARTS) is 4. The van der Waals surface area contributed by atoms with Gasteiger partial charge in [0.15, 0.2) is 12.2 Å². The number of aliphatic hydroxyl groups excluding tert-OH is 2. The van der Waals surface area contributed by atoms with Crippen LogP contribution in [0.5, 0.6) is 0 Å². The maximum Gasteiger partial charge on any atom is 0.394 e. The maximum atomic E-state index is 9.77. The van der Waals surface area contributed by atoms with Crippen LogP contribution >= 0.6 is 0 Å². The van der Waals surface area contributed by atoms with Crippen LogP contribution in [0.15, 0.2) is 0 Å². The van der Waals surface area contributed by atoms with Gasteiger partial charge in [-0.25, -0.2) is 9.59 Å². The van der Waals surface area contributed by atoms with Gasteiger partial charge in [-0.2, -0.15) is 16.8 Å². The highest BCUT2D eigenvalue weighted by molar-refractivity contribution is 7.85. The number of hydrogen-bond acceptors (Lipinski definition) is 10. The zero-order chi connectivity index (χ0) is 23.9. The van der Waals surface area contributed by atoms with Crippen LogP contribution in [0, 0.1) is 0 Å². The minimum atomic E-state index is -4.67. The van der Waals surface area contributed by atoms with Crippen LogP contribution in [0.1, 0.15) is 12.8 Å². The van der Waals surface area contributed by atoms with Gasteiger partial charge in [-0.3, -0.25) is 23.2 Å². The van der Waals surface area contributed by atoms with E-state index >= 15 is 0 Å². The number of rotatable bonds is 6. The van der Waals surface area contributed by atoms with Crippen molar-refractivity contribution < 1.29 is 80.3 Å². The molecule has 0 aliphatic heterocycles. The zero-order valence-electron chi connectivity index (χ0n) is 13.7. The fourth-order valence-corrected chi connectivity index (χ4v) is 0.484. The van der Waals surface area contributed by atoms with Gasteiger partial charge < -0.3 is 30.6 Å². The Balaban J connectivity index is -0.000000144. The first-order chi connectivity index (χ1) is 12.1. The lowest BCUT2D eigenvalue weighted by Gasteiger charge is -2.07. The normalized spacial score (nSPS) is 12.2. The Morgan fingerprint density at radius 2 is 0.821 bits per heavy atom. The van der Waals surface area contributed by atoms with E-state index in [0.29, 0.717) is 6.26 Å². The molecule has 0 aliphatic carbocycles. The van der Waals surface area contributed by atoms with Crippen LogP contribution in [0.4, 0.5) is 0 Å². The van der Waals surface area contributed by atoms with Crippen molar-refractivity contribution in [3.8, 4) is 0 Å². The zero-order valence-corrected chi connectivity index (χ0v) is 15.3. The lowest BCUT2D eigenvalue weighted by atomic mass is 10.2. The summed E-state index contributed by atoms with van der Waals surface area (Å²) in [7, 11) is -8.33. The molecule has 17 nitrogen and oxygen atoms in total. The molecule has 0 bridgehead atoms. The summed E-state index contributed by atoms with van der Waals surface area (Å²) < 4.78 is 57.5. The van der Waals surface area contributed by atoms with E-state index in [9.17, 15) is 27.6 Å². The number of carboxylic acids is 4. The molecular weight excluding hydrogens is 444 g/mol. The van der Waals surface area contributed by atoms with Crippen molar-refractivity contribution in [3.05, 3.63) is 0 Å². The molecule has 0 aromatic rings. The molecule has 0 aromatic heterocycles. The monoisotopic (exact) mass is 462 g/mol. The molecule has 0 aliphatic rings. The van der Waals surface area contributed by atoms with E-state index in [1.807, 2.05) is 0 Å². The van der Waals surface area contributed by atoms with Crippen molar-refractivity contribution in [2.45, 2.75) is 25.0 Å². The highest BCUT2D eigenvalue weighted by Gasteiger charge is 2.29. The predicted molar refractivity (Wildman–Crippen MR) is 83.4 cm³/mol. The van der Waals surface area contributed by atoms with Gasteiger partial charge in [-0.15, -0.1) is 0 Å². The van der Waals surface area contributed by atoms with Crippen LogP contribution in [0.2, 0.25) is 0 Å². The van der Waals surface area contributed by atoms with E-state index < -0.39 is 56.6 Å². The Labute approximate surface area is 156 Å². The Kier molecular flexibility index (Phi) is 18.5. The largest absolute Gasteiger partial charge is 0.481 e. The van der Waals surface area contributed by atoms with Crippen molar-refractivity contribution in [2.24, 2.45) is 0 Å². The van der Waals surface area contributed by atoms with Gasteiger partial charge in [0.25, 0.3) is 10.1 Å². The lowest BCUT2D eigenvalue weighted by Crippen LogP contribution is -2.39. The van der Waals surface area contributed by atoms with E-state index in [1.54, 1.807) is 0 Å². The van der Waals surface area contributed by atoms with Crippen LogP contribution in [0.25, 0.3) is 0 Å². The lowest BCUT2D eigenvalue weighted by molar-refractivity contribution is -0.165. The highest BCUT2D eigenvalue weighted by Crippen LogP contribution is 1.92. The van der Waals surface area contributed by atoms with E-state index in [1.165, 1.54) is 0 Å². The Morgan fingerprint density at radius 3 is 0.893 bits per heavy atom. The van der Waals surface area contributed by atoms with E-state index in [-0.39, 0.29) is 12.8 Å². The van der Waals surface area contributed by atoms with E-state index in [0.717, 1.165) is 0 Å². The second-order valence-corrected chi connectivity index (χ2v) is 6.40. The molecule has 9 N–H and O–H groups in total. The Morgan fingerprint density at radius 1 is 0.679 bits per heavy atom. The molecule has 2 unspecified atom stereocenters. The molecule has 0 amide bonds. The van der Waals surface area contributed by atoms with Crippen molar-refractivity contribution in [2.75, 3.05) is 6.26 Å². The van der Waals surface area contributed by atoms with Crippen LogP contribution in [-0.4, -0.2) is 103 Å². The molecule has 168 valence electrons. The summed E-state index contributed by atoms with van der Waals surface area (Å²) in [6, 6.07) is 0. The minimum absolute atomic E-state index is 0.296. The van der Waals surface area contributed by atoms with Crippen LogP contribution in [-0.2, 0) is 39.7 Å². The van der Waals surface area contributed by atoms with Gasteiger partial charge in [-0.05, 0) is 0 Å². The molecule has 0 spiro atoms. The molecule has 28 heavy (non-hydrogen) atoms. The smallest absolute Gasteiger partial charge is 0.394 e. The molecule has 0 saturated heterocycles. The van der Waals surface area contributed by atoms with Crippen LogP contribution in [0.3, 0.4) is 0 Å². The summed E-state index contributed by atoms with van der Waals surface area (Å²) in [6.07, 6.45) is -4.41. The molecule has 2 atom stereocenters. The molecule has 0 aromatic carbocycles. The average molecular weight is 462 g/mol. The third-order valence-electron chi connectivity index (χ3n) is 1.36. The van der Waals surface area contributed by atoms with Gasteiger partial charge in [0.2, 0.25) is 0 Å². The highest BCUT2D eigenvalue weighted by atomic mass is 32.3. The second kappa shape index (κ2) is 15.6. The van der Waals surface area contributed by atoms with Gasteiger partial charge in [0.05, 0.1) is 19.1 Å². The predicted octanol–water partition coefficient (Wildman–Crippen LogP) is -3.34. The fourth-order valence-electron chi connectivity index (χ4n) is 0.484. The summed E-state index contributed by atoms with van der Waals surface area (Å²) >= 11 is 0. The molecule has 0 saturated carbocycles. The number of carbonyl (C=O) groups is 4. The van der Waals surface area contributed by atoms with Gasteiger partial charge in [-0.1, -0.05) is 0 Å². The van der Waals surface area contributed by atoms with Crippen molar-refractivity contribution in [3.63, 3.8) is 0 Å². The molecule has 0 rings (SSSR count). The number of aliphatic carboxylic acids is 4. The summed E-state index contributed by atoms with van der Waals surface area (Å²) in [5.74, 6) is -5.69. The van der Waals surface area contributed by atoms with E-state index in [4.69, 9.17) is 52.7 Å². The van der Waals surface area contributed by atoms with Gasteiger partial charge >= 0.3 is 34.3 Å². The van der Waals surface area contributed by atoms with Crippen molar-refractivity contribution >= 4 is 44.4 Å². The third-order valence-corrected chi connectivity index (χ3v) is 1.36. The van der Waals surface area contributed by atoms with Gasteiger partial charge in [0, 0.05) is 0 Å². The Hall–Kier alpha value is -2.42. The van der Waals surface area contributed by atoms with Crippen LogP contribution < -0.4 is 0 Å². The third kappa shape index (κ3) is 56.6. The molecule has 0 heterocycles. The van der Waals surface area contributed by atoms with Crippen molar-refractivity contribution in [1.82, 2.24) is 0 Å². The minimum Gasteiger partial charge on any atom is -0.481 e. The average Bonchev–Trinajstić information content (AvgIpc) is 2.40. The summed E-state index contributed by atoms with van der Waals surface area (Å²) in [4.78, 5) is 38.8. The first-order valence-corrected chi connectivity index (χ1v) is 9.21. The quantitative estimate of drug-likeness (QED) is 0.174. The maximum absolute atomic E-state index is 9.77. The molecular formula is C9H18O17S2. The standard InChI is InChI=1S/C4H6O6.C4H6O4.CH4O3S.H2O4S/c5-1(3(7)8)2(6)4(9)10;5-3(6)1-2-4(7)8;2*1-5(2,3)4/h1-2,5-6H,(H,7,8)(H,9,10);1-2H2,(H,5,6)(H,7,8);1H3,(H,2,3,4);(H2,1,2,3,4).